The van der Waals surface area contributed by atoms with Gasteiger partial charge in [-0.05, 0) is 17.7 Å². The average Bonchev–Trinajstić information content (AvgIpc) is 2.52. The molecule has 2 aromatic rings. The summed E-state index contributed by atoms with van der Waals surface area (Å²) in [6, 6.07) is 10.3. The number of phenolic OH excluding ortho intramolecular Hbond substituents is 1. The molecule has 24 heavy (non-hydrogen) atoms. The second-order valence-corrected chi connectivity index (χ2v) is 5.85. The van der Waals surface area contributed by atoms with E-state index < -0.39 is 18.0 Å². The maximum absolute atomic E-state index is 12.0. The summed E-state index contributed by atoms with van der Waals surface area (Å²) in [6.45, 7) is 0. The van der Waals surface area contributed by atoms with Crippen molar-refractivity contribution in [3.05, 3.63) is 58.1 Å². The van der Waals surface area contributed by atoms with Crippen LogP contribution in [0.5, 0.6) is 5.75 Å². The fraction of sp³-hybridized carbons (Fsp3) is 0.125. The highest BCUT2D eigenvalue weighted by molar-refractivity contribution is 6.37. The summed E-state index contributed by atoms with van der Waals surface area (Å²) in [7, 11) is 0. The van der Waals surface area contributed by atoms with Gasteiger partial charge in [-0.3, -0.25) is 4.79 Å². The van der Waals surface area contributed by atoms with Gasteiger partial charge in [0.15, 0.2) is 5.75 Å². The lowest BCUT2D eigenvalue weighted by Gasteiger charge is -2.16. The maximum atomic E-state index is 12.0. The van der Waals surface area contributed by atoms with E-state index in [9.17, 15) is 14.7 Å². The molecule has 6 nitrogen and oxygen atoms in total. The Balaban J connectivity index is 2.04. The molecule has 0 aliphatic heterocycles. The number of hydrogen-bond donors (Lipinski definition) is 4. The predicted molar refractivity (Wildman–Crippen MR) is 93.4 cm³/mol. The topological polar surface area (TPSA) is 104 Å². The van der Waals surface area contributed by atoms with Crippen molar-refractivity contribution in [2.75, 3.05) is 5.32 Å². The first kappa shape index (κ1) is 17.9. The zero-order valence-corrected chi connectivity index (χ0v) is 13.9. The molecule has 0 bridgehead atoms. The van der Waals surface area contributed by atoms with Crippen LogP contribution in [0, 0.1) is 0 Å². The molecule has 126 valence electrons. The van der Waals surface area contributed by atoms with Crippen LogP contribution in [0.4, 0.5) is 10.5 Å². The summed E-state index contributed by atoms with van der Waals surface area (Å²) in [5.74, 6) is -0.931. The van der Waals surface area contributed by atoms with Crippen LogP contribution in [0.25, 0.3) is 0 Å². The lowest BCUT2D eigenvalue weighted by atomic mass is 10.1. The summed E-state index contributed by atoms with van der Waals surface area (Å²) in [4.78, 5) is 23.6. The molecular formula is C16H15Cl2N3O3. The highest BCUT2D eigenvalue weighted by atomic mass is 35.5. The Morgan fingerprint density at radius 2 is 1.71 bits per heavy atom. The Kier molecular flexibility index (Phi) is 5.89. The number of primary amides is 1. The smallest absolute Gasteiger partial charge is 0.319 e. The Morgan fingerprint density at radius 3 is 2.25 bits per heavy atom. The number of anilines is 1. The summed E-state index contributed by atoms with van der Waals surface area (Å²) in [6.07, 6.45) is 0.265. The first-order valence-electron chi connectivity index (χ1n) is 6.95. The van der Waals surface area contributed by atoms with Crippen molar-refractivity contribution in [1.29, 1.82) is 0 Å². The minimum absolute atomic E-state index is 0.00598. The van der Waals surface area contributed by atoms with Gasteiger partial charge in [0.1, 0.15) is 6.04 Å². The summed E-state index contributed by atoms with van der Waals surface area (Å²) >= 11 is 11.6. The van der Waals surface area contributed by atoms with Crippen LogP contribution in [-0.4, -0.2) is 23.1 Å². The van der Waals surface area contributed by atoms with Crippen molar-refractivity contribution in [3.8, 4) is 5.75 Å². The second kappa shape index (κ2) is 7.90. The molecule has 0 aliphatic rings. The minimum Gasteiger partial charge on any atom is -0.505 e. The fourth-order valence-corrected chi connectivity index (χ4v) is 2.52. The van der Waals surface area contributed by atoms with E-state index in [1.54, 1.807) is 0 Å². The Hall–Kier alpha value is -2.44. The Morgan fingerprint density at radius 1 is 1.12 bits per heavy atom. The zero-order chi connectivity index (χ0) is 17.7. The molecule has 5 N–H and O–H groups in total. The molecule has 0 aromatic heterocycles. The predicted octanol–water partition coefficient (Wildman–Crippen LogP) is 2.92. The molecule has 0 radical (unpaired) electrons. The van der Waals surface area contributed by atoms with Crippen molar-refractivity contribution < 1.29 is 14.7 Å². The van der Waals surface area contributed by atoms with Crippen molar-refractivity contribution in [1.82, 2.24) is 5.32 Å². The molecule has 0 heterocycles. The summed E-state index contributed by atoms with van der Waals surface area (Å²) in [5, 5.41) is 14.5. The molecule has 3 amide bonds. The third-order valence-electron chi connectivity index (χ3n) is 3.21. The van der Waals surface area contributed by atoms with Crippen LogP contribution in [0.2, 0.25) is 10.0 Å². The Bertz CT molecular complexity index is 730. The van der Waals surface area contributed by atoms with Gasteiger partial charge in [-0.2, -0.15) is 0 Å². The molecule has 2 rings (SSSR count). The van der Waals surface area contributed by atoms with E-state index in [1.807, 2.05) is 30.3 Å². The number of amides is 3. The van der Waals surface area contributed by atoms with E-state index in [2.05, 4.69) is 10.6 Å². The molecular weight excluding hydrogens is 353 g/mol. The van der Waals surface area contributed by atoms with Crippen LogP contribution in [0.1, 0.15) is 5.56 Å². The first-order chi connectivity index (χ1) is 11.4. The van der Waals surface area contributed by atoms with Gasteiger partial charge in [-0.1, -0.05) is 53.5 Å². The number of rotatable bonds is 5. The fourth-order valence-electron chi connectivity index (χ4n) is 2.04. The van der Waals surface area contributed by atoms with Crippen molar-refractivity contribution >= 4 is 40.8 Å². The lowest BCUT2D eigenvalue weighted by molar-refractivity contribution is -0.119. The van der Waals surface area contributed by atoms with Crippen LogP contribution < -0.4 is 16.4 Å². The van der Waals surface area contributed by atoms with Gasteiger partial charge in [0, 0.05) is 12.1 Å². The minimum atomic E-state index is -0.879. The molecule has 0 fully saturated rings. The third-order valence-corrected chi connectivity index (χ3v) is 3.78. The molecule has 0 spiro atoms. The van der Waals surface area contributed by atoms with Gasteiger partial charge in [0.05, 0.1) is 10.0 Å². The number of aromatic hydroxyl groups is 1. The number of urea groups is 1. The SMILES string of the molecule is NC(=O)C(Cc1ccccc1)NC(=O)Nc1cc(Cl)c(O)c(Cl)c1. The molecule has 0 saturated heterocycles. The first-order valence-corrected chi connectivity index (χ1v) is 7.71. The molecule has 2 aromatic carbocycles. The van der Waals surface area contributed by atoms with Gasteiger partial charge in [0.25, 0.3) is 0 Å². The summed E-state index contributed by atoms with van der Waals surface area (Å²) < 4.78 is 0. The van der Waals surface area contributed by atoms with Gasteiger partial charge < -0.3 is 21.5 Å². The van der Waals surface area contributed by atoms with Crippen molar-refractivity contribution in [3.63, 3.8) is 0 Å². The largest absolute Gasteiger partial charge is 0.505 e. The number of nitrogens with two attached hydrogens (primary N) is 1. The molecule has 1 unspecified atom stereocenters. The molecule has 0 aliphatic carbocycles. The molecule has 0 saturated carbocycles. The van der Waals surface area contributed by atoms with Crippen LogP contribution in [-0.2, 0) is 11.2 Å². The van der Waals surface area contributed by atoms with Crippen LogP contribution in [0.3, 0.4) is 0 Å². The number of carbonyl (C=O) groups is 2. The number of benzene rings is 2. The second-order valence-electron chi connectivity index (χ2n) is 5.03. The van der Waals surface area contributed by atoms with Gasteiger partial charge in [0.2, 0.25) is 5.91 Å². The van der Waals surface area contributed by atoms with Gasteiger partial charge >= 0.3 is 6.03 Å². The van der Waals surface area contributed by atoms with Crippen molar-refractivity contribution in [2.24, 2.45) is 5.73 Å². The standard InChI is InChI=1S/C16H15Cl2N3O3/c17-11-7-10(8-12(18)14(11)22)20-16(24)21-13(15(19)23)6-9-4-2-1-3-5-9/h1-5,7-8,13,22H,6H2,(H2,19,23)(H2,20,21,24). The number of halogens is 2. The molecule has 8 heteroatoms. The normalized spacial score (nSPS) is 11.6. The van der Waals surface area contributed by atoms with Gasteiger partial charge in [-0.25, -0.2) is 4.79 Å². The van der Waals surface area contributed by atoms with Crippen LogP contribution >= 0.6 is 23.2 Å². The van der Waals surface area contributed by atoms with E-state index in [1.165, 1.54) is 12.1 Å². The average molecular weight is 368 g/mol. The van der Waals surface area contributed by atoms with E-state index >= 15 is 0 Å². The van der Waals surface area contributed by atoms with Gasteiger partial charge in [-0.15, -0.1) is 0 Å². The van der Waals surface area contributed by atoms with E-state index in [0.717, 1.165) is 5.56 Å². The number of nitrogens with one attached hydrogen (secondary N) is 2. The molecule has 1 atom stereocenters. The zero-order valence-electron chi connectivity index (χ0n) is 12.4. The Labute approximate surface area is 148 Å². The number of carbonyl (C=O) groups excluding carboxylic acids is 2. The third kappa shape index (κ3) is 4.78. The number of hydrogen-bond acceptors (Lipinski definition) is 3. The van der Waals surface area contributed by atoms with E-state index in [-0.39, 0.29) is 27.9 Å². The maximum Gasteiger partial charge on any atom is 0.319 e. The van der Waals surface area contributed by atoms with Crippen LogP contribution in [0.15, 0.2) is 42.5 Å². The van der Waals surface area contributed by atoms with Crippen molar-refractivity contribution in [2.45, 2.75) is 12.5 Å². The highest BCUT2D eigenvalue weighted by Gasteiger charge is 2.19. The quantitative estimate of drug-likeness (QED) is 0.610. The highest BCUT2D eigenvalue weighted by Crippen LogP contribution is 2.34. The van der Waals surface area contributed by atoms with E-state index in [4.69, 9.17) is 28.9 Å². The summed E-state index contributed by atoms with van der Waals surface area (Å²) in [5.41, 5.74) is 6.46. The van der Waals surface area contributed by atoms with E-state index in [0.29, 0.717) is 0 Å². The number of phenols is 1. The monoisotopic (exact) mass is 367 g/mol. The lowest BCUT2D eigenvalue weighted by Crippen LogP contribution is -2.47.